The van der Waals surface area contributed by atoms with Crippen molar-refractivity contribution in [1.82, 2.24) is 4.90 Å². The summed E-state index contributed by atoms with van der Waals surface area (Å²) in [5, 5.41) is 0.207. The fourth-order valence-electron chi connectivity index (χ4n) is 2.14. The van der Waals surface area contributed by atoms with Gasteiger partial charge in [0.05, 0.1) is 5.02 Å². The minimum Gasteiger partial charge on any atom is -0.399 e. The van der Waals surface area contributed by atoms with E-state index >= 15 is 0 Å². The van der Waals surface area contributed by atoms with Crippen LogP contribution < -0.4 is 5.73 Å². The average Bonchev–Trinajstić information content (AvgIpc) is 2.43. The molecule has 0 atom stereocenters. The quantitative estimate of drug-likeness (QED) is 0.841. The van der Waals surface area contributed by atoms with E-state index in [2.05, 4.69) is 11.8 Å². The summed E-state index contributed by atoms with van der Waals surface area (Å²) in [5.41, 5.74) is 8.48. The van der Waals surface area contributed by atoms with Crippen LogP contribution in [-0.4, -0.2) is 11.4 Å². The van der Waals surface area contributed by atoms with Crippen molar-refractivity contribution in [3.05, 3.63) is 64.4 Å². The van der Waals surface area contributed by atoms with Crippen molar-refractivity contribution in [3.8, 4) is 0 Å². The molecule has 0 heterocycles. The lowest BCUT2D eigenvalue weighted by Crippen LogP contribution is -2.22. The van der Waals surface area contributed by atoms with E-state index in [0.717, 1.165) is 29.9 Å². The fourth-order valence-corrected chi connectivity index (χ4v) is 2.33. The molecule has 106 valence electrons. The summed E-state index contributed by atoms with van der Waals surface area (Å²) in [6.07, 6.45) is 0. The van der Waals surface area contributed by atoms with Crippen LogP contribution in [0.15, 0.2) is 42.5 Å². The maximum atomic E-state index is 13.4. The first-order chi connectivity index (χ1) is 9.60. The molecule has 0 bridgehead atoms. The van der Waals surface area contributed by atoms with Crippen LogP contribution >= 0.6 is 11.6 Å². The molecule has 0 aromatic heterocycles. The third kappa shape index (κ3) is 3.71. The second-order valence-corrected chi connectivity index (χ2v) is 5.14. The summed E-state index contributed by atoms with van der Waals surface area (Å²) >= 11 is 6.00. The molecule has 0 amide bonds. The van der Waals surface area contributed by atoms with Crippen molar-refractivity contribution >= 4 is 17.3 Å². The molecule has 0 saturated carbocycles. The van der Waals surface area contributed by atoms with Gasteiger partial charge in [-0.2, -0.15) is 0 Å². The summed E-state index contributed by atoms with van der Waals surface area (Å²) in [6.45, 7) is 4.29. The Morgan fingerprint density at radius 3 is 2.60 bits per heavy atom. The molecule has 20 heavy (non-hydrogen) atoms. The number of rotatable bonds is 5. The van der Waals surface area contributed by atoms with Gasteiger partial charge in [-0.3, -0.25) is 4.90 Å². The van der Waals surface area contributed by atoms with Crippen LogP contribution in [0, 0.1) is 5.82 Å². The monoisotopic (exact) mass is 292 g/mol. The van der Waals surface area contributed by atoms with Gasteiger partial charge in [0, 0.05) is 18.8 Å². The Bertz CT molecular complexity index is 586. The molecule has 2 N–H and O–H groups in total. The zero-order valence-corrected chi connectivity index (χ0v) is 12.2. The van der Waals surface area contributed by atoms with Gasteiger partial charge >= 0.3 is 0 Å². The van der Waals surface area contributed by atoms with Gasteiger partial charge in [-0.1, -0.05) is 42.8 Å². The molecule has 0 unspecified atom stereocenters. The number of nitrogens with zero attached hydrogens (tertiary/aromatic N) is 1. The zero-order valence-electron chi connectivity index (χ0n) is 11.4. The number of hydrogen-bond donors (Lipinski definition) is 1. The number of benzene rings is 2. The predicted molar refractivity (Wildman–Crippen MR) is 82.1 cm³/mol. The molecular formula is C16H18ClFN2. The van der Waals surface area contributed by atoms with E-state index in [1.807, 2.05) is 30.3 Å². The van der Waals surface area contributed by atoms with Crippen molar-refractivity contribution in [3.63, 3.8) is 0 Å². The summed E-state index contributed by atoms with van der Waals surface area (Å²) in [6, 6.07) is 12.7. The number of halogens is 2. The van der Waals surface area contributed by atoms with Gasteiger partial charge in [0.25, 0.3) is 0 Å². The summed E-state index contributed by atoms with van der Waals surface area (Å²) in [4.78, 5) is 2.19. The molecule has 0 saturated heterocycles. The Morgan fingerprint density at radius 2 is 1.90 bits per heavy atom. The van der Waals surface area contributed by atoms with Crippen LogP contribution in [0.5, 0.6) is 0 Å². The maximum absolute atomic E-state index is 13.4. The molecule has 4 heteroatoms. The van der Waals surface area contributed by atoms with E-state index in [9.17, 15) is 4.39 Å². The fraction of sp³-hybridized carbons (Fsp3) is 0.250. The second-order valence-electron chi connectivity index (χ2n) is 4.76. The smallest absolute Gasteiger partial charge is 0.142 e. The SMILES string of the molecule is CCN(Cc1cccc(N)c1)Cc1cccc(F)c1Cl. The Labute approximate surface area is 124 Å². The third-order valence-electron chi connectivity index (χ3n) is 3.23. The van der Waals surface area contributed by atoms with Gasteiger partial charge in [0.15, 0.2) is 0 Å². The average molecular weight is 293 g/mol. The minimum atomic E-state index is -0.371. The van der Waals surface area contributed by atoms with Gasteiger partial charge < -0.3 is 5.73 Å². The van der Waals surface area contributed by atoms with Crippen LogP contribution in [0.4, 0.5) is 10.1 Å². The molecule has 0 fully saturated rings. The van der Waals surface area contributed by atoms with E-state index in [1.165, 1.54) is 6.07 Å². The number of nitrogen functional groups attached to an aromatic ring is 1. The van der Waals surface area contributed by atoms with Crippen molar-refractivity contribution in [2.45, 2.75) is 20.0 Å². The zero-order chi connectivity index (χ0) is 14.5. The normalized spacial score (nSPS) is 11.0. The molecule has 0 radical (unpaired) electrons. The first-order valence-electron chi connectivity index (χ1n) is 6.59. The number of hydrogen-bond acceptors (Lipinski definition) is 2. The topological polar surface area (TPSA) is 29.3 Å². The van der Waals surface area contributed by atoms with E-state index in [4.69, 9.17) is 17.3 Å². The van der Waals surface area contributed by atoms with Crippen molar-refractivity contribution < 1.29 is 4.39 Å². The molecular weight excluding hydrogens is 275 g/mol. The lowest BCUT2D eigenvalue weighted by Gasteiger charge is -2.21. The maximum Gasteiger partial charge on any atom is 0.142 e. The lowest BCUT2D eigenvalue weighted by atomic mass is 10.1. The standard InChI is InChI=1S/C16H18ClFN2/c1-2-20(10-12-5-3-7-14(19)9-12)11-13-6-4-8-15(18)16(13)17/h3-9H,2,10-11,19H2,1H3. The highest BCUT2D eigenvalue weighted by molar-refractivity contribution is 6.31. The first-order valence-corrected chi connectivity index (χ1v) is 6.97. The molecule has 2 nitrogen and oxygen atoms in total. The summed E-state index contributed by atoms with van der Waals surface area (Å²) < 4.78 is 13.4. The van der Waals surface area contributed by atoms with Crippen LogP contribution in [0.3, 0.4) is 0 Å². The third-order valence-corrected chi connectivity index (χ3v) is 3.65. The van der Waals surface area contributed by atoms with E-state index < -0.39 is 0 Å². The van der Waals surface area contributed by atoms with Crippen molar-refractivity contribution in [2.24, 2.45) is 0 Å². The molecule has 0 aliphatic heterocycles. The number of nitrogens with two attached hydrogens (primary N) is 1. The molecule has 0 aliphatic rings. The van der Waals surface area contributed by atoms with Gasteiger partial charge in [-0.05, 0) is 35.9 Å². The highest BCUT2D eigenvalue weighted by atomic mass is 35.5. The van der Waals surface area contributed by atoms with Crippen molar-refractivity contribution in [2.75, 3.05) is 12.3 Å². The molecule has 2 rings (SSSR count). The van der Waals surface area contributed by atoms with Gasteiger partial charge in [-0.25, -0.2) is 4.39 Å². The first kappa shape index (κ1) is 14.8. The molecule has 2 aromatic rings. The van der Waals surface area contributed by atoms with Crippen LogP contribution in [0.25, 0.3) is 0 Å². The summed E-state index contributed by atoms with van der Waals surface area (Å²) in [7, 11) is 0. The van der Waals surface area contributed by atoms with Crippen LogP contribution in [0.1, 0.15) is 18.1 Å². The predicted octanol–water partition coefficient (Wildman–Crippen LogP) is 4.08. The van der Waals surface area contributed by atoms with E-state index in [1.54, 1.807) is 6.07 Å². The van der Waals surface area contributed by atoms with Gasteiger partial charge in [0.2, 0.25) is 0 Å². The van der Waals surface area contributed by atoms with E-state index in [0.29, 0.717) is 6.54 Å². The van der Waals surface area contributed by atoms with E-state index in [-0.39, 0.29) is 10.8 Å². The lowest BCUT2D eigenvalue weighted by molar-refractivity contribution is 0.271. The number of anilines is 1. The van der Waals surface area contributed by atoms with Gasteiger partial charge in [0.1, 0.15) is 5.82 Å². The Morgan fingerprint density at radius 1 is 1.15 bits per heavy atom. The largest absolute Gasteiger partial charge is 0.399 e. The van der Waals surface area contributed by atoms with Crippen LogP contribution in [-0.2, 0) is 13.1 Å². The minimum absolute atomic E-state index is 0.207. The highest BCUT2D eigenvalue weighted by Gasteiger charge is 2.10. The molecule has 0 aliphatic carbocycles. The summed E-state index contributed by atoms with van der Waals surface area (Å²) in [5.74, 6) is -0.371. The Kier molecular flexibility index (Phi) is 4.99. The molecule has 0 spiro atoms. The Balaban J connectivity index is 2.11. The second kappa shape index (κ2) is 6.73. The van der Waals surface area contributed by atoms with Crippen molar-refractivity contribution in [1.29, 1.82) is 0 Å². The Hall–Kier alpha value is -1.58. The molecule has 2 aromatic carbocycles. The highest BCUT2D eigenvalue weighted by Crippen LogP contribution is 2.22. The van der Waals surface area contributed by atoms with Gasteiger partial charge in [-0.15, -0.1) is 0 Å². The van der Waals surface area contributed by atoms with Crippen LogP contribution in [0.2, 0.25) is 5.02 Å².